The van der Waals surface area contributed by atoms with Gasteiger partial charge in [0, 0.05) is 12.0 Å². The minimum absolute atomic E-state index is 0.576. The molecule has 0 bridgehead atoms. The first-order chi connectivity index (χ1) is 6.83. The zero-order chi connectivity index (χ0) is 9.97. The lowest BCUT2D eigenvalue weighted by molar-refractivity contribution is 0.215. The summed E-state index contributed by atoms with van der Waals surface area (Å²) in [5.74, 6) is 0. The first kappa shape index (κ1) is 9.61. The van der Waals surface area contributed by atoms with Crippen LogP contribution in [-0.2, 0) is 11.2 Å². The molecule has 0 aromatic carbocycles. The molecule has 1 aliphatic heterocycles. The van der Waals surface area contributed by atoms with Crippen LogP contribution < -0.4 is 0 Å². The SMILES string of the molecule is CCc1nnsc1C(O)C1=COCC1. The molecule has 1 atom stereocenters. The van der Waals surface area contributed by atoms with Crippen LogP contribution in [0.1, 0.15) is 30.0 Å². The van der Waals surface area contributed by atoms with Crippen molar-refractivity contribution >= 4 is 11.5 Å². The molecule has 2 heterocycles. The summed E-state index contributed by atoms with van der Waals surface area (Å²) < 4.78 is 8.94. The van der Waals surface area contributed by atoms with Crippen molar-refractivity contribution in [2.75, 3.05) is 6.61 Å². The van der Waals surface area contributed by atoms with Gasteiger partial charge in [-0.1, -0.05) is 11.4 Å². The predicted octanol–water partition coefficient (Wildman–Crippen LogP) is 1.44. The van der Waals surface area contributed by atoms with E-state index in [2.05, 4.69) is 9.59 Å². The Kier molecular flexibility index (Phi) is 2.79. The number of nitrogens with zero attached hydrogens (tertiary/aromatic N) is 2. The Balaban J connectivity index is 2.21. The predicted molar refractivity (Wildman–Crippen MR) is 52.9 cm³/mol. The van der Waals surface area contributed by atoms with Crippen LogP contribution in [0.15, 0.2) is 11.8 Å². The lowest BCUT2D eigenvalue weighted by Crippen LogP contribution is -2.01. The molecule has 0 saturated carbocycles. The maximum atomic E-state index is 10.0. The Bertz CT molecular complexity index is 348. The normalized spacial score (nSPS) is 17.7. The molecule has 1 aromatic heterocycles. The lowest BCUT2D eigenvalue weighted by atomic mass is 10.1. The first-order valence-corrected chi connectivity index (χ1v) is 5.40. The Morgan fingerprint density at radius 1 is 1.71 bits per heavy atom. The van der Waals surface area contributed by atoms with Crippen molar-refractivity contribution in [2.24, 2.45) is 0 Å². The average Bonchev–Trinajstić information content (AvgIpc) is 2.87. The molecule has 1 aromatic rings. The second-order valence-corrected chi connectivity index (χ2v) is 3.94. The number of ether oxygens (including phenoxy) is 1. The Morgan fingerprint density at radius 3 is 3.21 bits per heavy atom. The third-order valence-corrected chi connectivity index (χ3v) is 3.08. The van der Waals surface area contributed by atoms with Crippen molar-refractivity contribution in [3.05, 3.63) is 22.4 Å². The fourth-order valence-electron chi connectivity index (χ4n) is 1.44. The summed E-state index contributed by atoms with van der Waals surface area (Å²) in [6.07, 6.45) is 2.66. The Hall–Kier alpha value is -0.940. The van der Waals surface area contributed by atoms with E-state index < -0.39 is 6.10 Å². The van der Waals surface area contributed by atoms with Crippen LogP contribution in [0.5, 0.6) is 0 Å². The van der Waals surface area contributed by atoms with E-state index in [1.165, 1.54) is 11.5 Å². The average molecular weight is 212 g/mol. The van der Waals surface area contributed by atoms with Gasteiger partial charge in [-0.25, -0.2) is 0 Å². The molecule has 5 heteroatoms. The van der Waals surface area contributed by atoms with Gasteiger partial charge in [0.25, 0.3) is 0 Å². The van der Waals surface area contributed by atoms with Crippen molar-refractivity contribution in [3.8, 4) is 0 Å². The minimum atomic E-state index is -0.576. The maximum Gasteiger partial charge on any atom is 0.116 e. The summed E-state index contributed by atoms with van der Waals surface area (Å²) in [5, 5.41) is 14.0. The number of aliphatic hydroxyl groups is 1. The van der Waals surface area contributed by atoms with E-state index in [-0.39, 0.29) is 0 Å². The van der Waals surface area contributed by atoms with E-state index in [0.29, 0.717) is 6.61 Å². The molecule has 0 spiro atoms. The van der Waals surface area contributed by atoms with Gasteiger partial charge < -0.3 is 9.84 Å². The highest BCUT2D eigenvalue weighted by Crippen LogP contribution is 2.30. The summed E-state index contributed by atoms with van der Waals surface area (Å²) in [5.41, 5.74) is 1.81. The van der Waals surface area contributed by atoms with Crippen molar-refractivity contribution in [3.63, 3.8) is 0 Å². The topological polar surface area (TPSA) is 55.2 Å². The van der Waals surface area contributed by atoms with Crippen molar-refractivity contribution in [1.82, 2.24) is 9.59 Å². The number of hydrogen-bond acceptors (Lipinski definition) is 5. The Labute approximate surface area is 86.4 Å². The maximum absolute atomic E-state index is 10.0. The Morgan fingerprint density at radius 2 is 2.57 bits per heavy atom. The fraction of sp³-hybridized carbons (Fsp3) is 0.556. The van der Waals surface area contributed by atoms with Crippen LogP contribution in [0.4, 0.5) is 0 Å². The summed E-state index contributed by atoms with van der Waals surface area (Å²) in [6, 6.07) is 0. The zero-order valence-corrected chi connectivity index (χ0v) is 8.75. The molecule has 4 nitrogen and oxygen atoms in total. The van der Waals surface area contributed by atoms with Crippen molar-refractivity contribution < 1.29 is 9.84 Å². The standard InChI is InChI=1S/C9H12N2O2S/c1-2-7-9(14-11-10-7)8(12)6-3-4-13-5-6/h5,8,12H,2-4H2,1H3. The van der Waals surface area contributed by atoms with E-state index in [0.717, 1.165) is 29.0 Å². The molecule has 1 unspecified atom stereocenters. The van der Waals surface area contributed by atoms with Gasteiger partial charge in [-0.3, -0.25) is 0 Å². The van der Waals surface area contributed by atoms with Crippen LogP contribution in [0.3, 0.4) is 0 Å². The van der Waals surface area contributed by atoms with Crippen LogP contribution >= 0.6 is 11.5 Å². The van der Waals surface area contributed by atoms with Gasteiger partial charge in [-0.15, -0.1) is 5.10 Å². The third kappa shape index (κ3) is 1.65. The summed E-state index contributed by atoms with van der Waals surface area (Å²) in [4.78, 5) is 0.851. The van der Waals surface area contributed by atoms with Crippen LogP contribution in [0.25, 0.3) is 0 Å². The second-order valence-electron chi connectivity index (χ2n) is 3.15. The molecule has 1 N–H and O–H groups in total. The van der Waals surface area contributed by atoms with Gasteiger partial charge in [0.15, 0.2) is 0 Å². The van der Waals surface area contributed by atoms with E-state index in [1.807, 2.05) is 6.92 Å². The lowest BCUT2D eigenvalue weighted by Gasteiger charge is -2.08. The highest BCUT2D eigenvalue weighted by Gasteiger charge is 2.22. The molecular weight excluding hydrogens is 200 g/mol. The number of rotatable bonds is 3. The van der Waals surface area contributed by atoms with Gasteiger partial charge >= 0.3 is 0 Å². The summed E-state index contributed by atoms with van der Waals surface area (Å²) in [7, 11) is 0. The van der Waals surface area contributed by atoms with E-state index in [4.69, 9.17) is 4.74 Å². The minimum Gasteiger partial charge on any atom is -0.501 e. The first-order valence-electron chi connectivity index (χ1n) is 4.62. The van der Waals surface area contributed by atoms with Crippen LogP contribution in [0.2, 0.25) is 0 Å². The fourth-order valence-corrected chi connectivity index (χ4v) is 2.21. The van der Waals surface area contributed by atoms with Gasteiger partial charge in [-0.05, 0) is 18.0 Å². The molecule has 14 heavy (non-hydrogen) atoms. The highest BCUT2D eigenvalue weighted by molar-refractivity contribution is 7.05. The smallest absolute Gasteiger partial charge is 0.116 e. The number of hydrogen-bond donors (Lipinski definition) is 1. The van der Waals surface area contributed by atoms with Gasteiger partial charge in [0.05, 0.1) is 23.4 Å². The van der Waals surface area contributed by atoms with Gasteiger partial charge in [0.1, 0.15) is 6.10 Å². The van der Waals surface area contributed by atoms with Crippen LogP contribution in [0, 0.1) is 0 Å². The second kappa shape index (κ2) is 4.06. The van der Waals surface area contributed by atoms with Gasteiger partial charge in [-0.2, -0.15) is 0 Å². The number of aliphatic hydroxyl groups excluding tert-OH is 1. The molecule has 0 radical (unpaired) electrons. The molecule has 1 aliphatic rings. The molecule has 76 valence electrons. The van der Waals surface area contributed by atoms with Crippen LogP contribution in [-0.4, -0.2) is 21.3 Å². The number of aryl methyl sites for hydroxylation is 1. The molecule has 0 aliphatic carbocycles. The van der Waals surface area contributed by atoms with Crippen molar-refractivity contribution in [1.29, 1.82) is 0 Å². The highest BCUT2D eigenvalue weighted by atomic mass is 32.1. The van der Waals surface area contributed by atoms with E-state index in [9.17, 15) is 5.11 Å². The van der Waals surface area contributed by atoms with Crippen molar-refractivity contribution in [2.45, 2.75) is 25.9 Å². The quantitative estimate of drug-likeness (QED) is 0.823. The largest absolute Gasteiger partial charge is 0.501 e. The monoisotopic (exact) mass is 212 g/mol. The third-order valence-electron chi connectivity index (χ3n) is 2.26. The van der Waals surface area contributed by atoms with E-state index in [1.54, 1.807) is 6.26 Å². The molecule has 2 rings (SSSR count). The zero-order valence-electron chi connectivity index (χ0n) is 7.93. The molecular formula is C9H12N2O2S. The molecule has 0 fully saturated rings. The molecule has 0 amide bonds. The molecule has 0 saturated heterocycles. The number of aromatic nitrogens is 2. The summed E-state index contributed by atoms with van der Waals surface area (Å²) in [6.45, 7) is 2.67. The summed E-state index contributed by atoms with van der Waals surface area (Å²) >= 11 is 1.26. The van der Waals surface area contributed by atoms with Gasteiger partial charge in [0.2, 0.25) is 0 Å². The van der Waals surface area contributed by atoms with E-state index >= 15 is 0 Å².